The Bertz CT molecular complexity index is 182. The van der Waals surface area contributed by atoms with Crippen molar-refractivity contribution in [2.75, 3.05) is 27.2 Å². The van der Waals surface area contributed by atoms with Crippen molar-refractivity contribution in [3.05, 3.63) is 0 Å². The van der Waals surface area contributed by atoms with Gasteiger partial charge in [-0.15, -0.1) is 0 Å². The van der Waals surface area contributed by atoms with Crippen LogP contribution in [0.15, 0.2) is 0 Å². The molecule has 0 aliphatic heterocycles. The first-order chi connectivity index (χ1) is 7.07. The van der Waals surface area contributed by atoms with Crippen LogP contribution in [0.3, 0.4) is 0 Å². The molecule has 0 aromatic rings. The van der Waals surface area contributed by atoms with Crippen LogP contribution in [0.2, 0.25) is 0 Å². The van der Waals surface area contributed by atoms with E-state index in [1.54, 1.807) is 0 Å². The number of nitrogens with one attached hydrogen (secondary N) is 1. The van der Waals surface area contributed by atoms with Gasteiger partial charge in [0.2, 0.25) is 0 Å². The van der Waals surface area contributed by atoms with Gasteiger partial charge in [-0.1, -0.05) is 13.8 Å². The third kappa shape index (κ3) is 8.41. The molecule has 0 saturated heterocycles. The minimum Gasteiger partial charge on any atom is -0.312 e. The van der Waals surface area contributed by atoms with Crippen LogP contribution in [-0.4, -0.2) is 38.1 Å². The molecule has 1 N–H and O–H groups in total. The van der Waals surface area contributed by atoms with E-state index in [0.29, 0.717) is 18.4 Å². The third-order valence-corrected chi connectivity index (χ3v) is 2.49. The van der Waals surface area contributed by atoms with Gasteiger partial charge in [0.05, 0.1) is 6.07 Å². The predicted molar refractivity (Wildman–Crippen MR) is 64.6 cm³/mol. The Labute approximate surface area is 94.5 Å². The Morgan fingerprint density at radius 3 is 2.40 bits per heavy atom. The number of likely N-dealkylation sites (N-methyl/N-ethyl adjacent to an activating group) is 1. The third-order valence-electron chi connectivity index (χ3n) is 2.49. The molecule has 0 aliphatic carbocycles. The summed E-state index contributed by atoms with van der Waals surface area (Å²) < 4.78 is 0. The summed E-state index contributed by atoms with van der Waals surface area (Å²) in [7, 11) is 4.21. The van der Waals surface area contributed by atoms with Crippen LogP contribution in [0.1, 0.15) is 33.1 Å². The molecular formula is C12H25N3. The van der Waals surface area contributed by atoms with Crippen molar-refractivity contribution in [2.24, 2.45) is 5.92 Å². The Morgan fingerprint density at radius 1 is 1.27 bits per heavy atom. The molecule has 0 aromatic carbocycles. The van der Waals surface area contributed by atoms with Crippen molar-refractivity contribution in [1.29, 1.82) is 5.26 Å². The second-order valence-corrected chi connectivity index (χ2v) is 4.68. The molecule has 88 valence electrons. The van der Waals surface area contributed by atoms with E-state index < -0.39 is 0 Å². The van der Waals surface area contributed by atoms with E-state index in [1.807, 2.05) is 0 Å². The molecule has 0 bridgehead atoms. The maximum Gasteiger partial charge on any atom is 0.0621 e. The Balaban J connectivity index is 3.63. The van der Waals surface area contributed by atoms with Crippen LogP contribution in [0.5, 0.6) is 0 Å². The second-order valence-electron chi connectivity index (χ2n) is 4.68. The van der Waals surface area contributed by atoms with Gasteiger partial charge in [0.1, 0.15) is 0 Å². The van der Waals surface area contributed by atoms with E-state index in [9.17, 15) is 0 Å². The SMILES string of the molecule is CC(C)C(CN(C)C)NCCCCC#N. The highest BCUT2D eigenvalue weighted by molar-refractivity contribution is 4.74. The first-order valence-corrected chi connectivity index (χ1v) is 5.83. The fourth-order valence-corrected chi connectivity index (χ4v) is 1.52. The monoisotopic (exact) mass is 211 g/mol. The highest BCUT2D eigenvalue weighted by Crippen LogP contribution is 2.03. The molecule has 0 saturated carbocycles. The van der Waals surface area contributed by atoms with Crippen LogP contribution >= 0.6 is 0 Å². The van der Waals surface area contributed by atoms with Gasteiger partial charge in [-0.25, -0.2) is 0 Å². The fourth-order valence-electron chi connectivity index (χ4n) is 1.52. The van der Waals surface area contributed by atoms with Gasteiger partial charge in [0, 0.05) is 19.0 Å². The number of nitrogens with zero attached hydrogens (tertiary/aromatic N) is 2. The zero-order valence-corrected chi connectivity index (χ0v) is 10.6. The van der Waals surface area contributed by atoms with E-state index in [2.05, 4.69) is 44.2 Å². The topological polar surface area (TPSA) is 39.1 Å². The standard InChI is InChI=1S/C12H25N3/c1-11(2)12(10-15(3)4)14-9-7-5-6-8-13/h11-12,14H,5-7,9-10H2,1-4H3. The summed E-state index contributed by atoms with van der Waals surface area (Å²) >= 11 is 0. The Morgan fingerprint density at radius 2 is 1.93 bits per heavy atom. The smallest absolute Gasteiger partial charge is 0.0621 e. The normalized spacial score (nSPS) is 13.1. The predicted octanol–water partition coefficient (Wildman–Crippen LogP) is 1.86. The lowest BCUT2D eigenvalue weighted by molar-refractivity contribution is 0.288. The van der Waals surface area contributed by atoms with E-state index >= 15 is 0 Å². The highest BCUT2D eigenvalue weighted by Gasteiger charge is 2.12. The summed E-state index contributed by atoms with van der Waals surface area (Å²) in [6.45, 7) is 6.60. The first-order valence-electron chi connectivity index (χ1n) is 5.83. The zero-order valence-electron chi connectivity index (χ0n) is 10.6. The van der Waals surface area contributed by atoms with E-state index in [1.165, 1.54) is 0 Å². The maximum absolute atomic E-state index is 8.40. The van der Waals surface area contributed by atoms with Gasteiger partial charge in [-0.05, 0) is 39.4 Å². The number of unbranched alkanes of at least 4 members (excludes halogenated alkanes) is 2. The Hall–Kier alpha value is -0.590. The lowest BCUT2D eigenvalue weighted by Crippen LogP contribution is -2.42. The molecule has 0 aliphatic rings. The summed E-state index contributed by atoms with van der Waals surface area (Å²) in [5, 5.41) is 12.0. The molecule has 0 spiro atoms. The summed E-state index contributed by atoms with van der Waals surface area (Å²) in [6, 6.07) is 2.73. The van der Waals surface area contributed by atoms with Crippen molar-refractivity contribution in [1.82, 2.24) is 10.2 Å². The van der Waals surface area contributed by atoms with E-state index in [0.717, 1.165) is 25.9 Å². The molecule has 0 radical (unpaired) electrons. The van der Waals surface area contributed by atoms with Crippen molar-refractivity contribution in [2.45, 2.75) is 39.2 Å². The van der Waals surface area contributed by atoms with Gasteiger partial charge in [0.25, 0.3) is 0 Å². The number of rotatable bonds is 8. The lowest BCUT2D eigenvalue weighted by Gasteiger charge is -2.25. The molecule has 15 heavy (non-hydrogen) atoms. The molecule has 1 unspecified atom stereocenters. The van der Waals surface area contributed by atoms with Crippen molar-refractivity contribution >= 4 is 0 Å². The van der Waals surface area contributed by atoms with Gasteiger partial charge in [-0.3, -0.25) is 0 Å². The van der Waals surface area contributed by atoms with Crippen molar-refractivity contribution in [3.8, 4) is 6.07 Å². The van der Waals surface area contributed by atoms with Gasteiger partial charge in [-0.2, -0.15) is 5.26 Å². The fraction of sp³-hybridized carbons (Fsp3) is 0.917. The summed E-state index contributed by atoms with van der Waals surface area (Å²) in [5.74, 6) is 0.656. The minimum absolute atomic E-state index is 0.557. The van der Waals surface area contributed by atoms with Crippen LogP contribution in [0.25, 0.3) is 0 Å². The minimum atomic E-state index is 0.557. The average Bonchev–Trinajstić information content (AvgIpc) is 2.15. The average molecular weight is 211 g/mol. The maximum atomic E-state index is 8.40. The van der Waals surface area contributed by atoms with Crippen LogP contribution in [0, 0.1) is 17.2 Å². The summed E-state index contributed by atoms with van der Waals surface area (Å²) in [4.78, 5) is 2.22. The zero-order chi connectivity index (χ0) is 11.7. The quantitative estimate of drug-likeness (QED) is 0.623. The lowest BCUT2D eigenvalue weighted by atomic mass is 10.0. The van der Waals surface area contributed by atoms with Crippen LogP contribution in [-0.2, 0) is 0 Å². The van der Waals surface area contributed by atoms with E-state index in [-0.39, 0.29) is 0 Å². The van der Waals surface area contributed by atoms with Crippen LogP contribution in [0.4, 0.5) is 0 Å². The van der Waals surface area contributed by atoms with Crippen LogP contribution < -0.4 is 5.32 Å². The number of hydrogen-bond acceptors (Lipinski definition) is 3. The molecule has 0 rings (SSSR count). The van der Waals surface area contributed by atoms with Gasteiger partial charge in [0.15, 0.2) is 0 Å². The van der Waals surface area contributed by atoms with Gasteiger partial charge < -0.3 is 10.2 Å². The molecule has 0 aromatic heterocycles. The number of hydrogen-bond donors (Lipinski definition) is 1. The molecule has 3 nitrogen and oxygen atoms in total. The van der Waals surface area contributed by atoms with Gasteiger partial charge >= 0.3 is 0 Å². The highest BCUT2D eigenvalue weighted by atomic mass is 15.1. The first kappa shape index (κ1) is 14.4. The second kappa shape index (κ2) is 8.70. The van der Waals surface area contributed by atoms with Crippen molar-refractivity contribution in [3.63, 3.8) is 0 Å². The van der Waals surface area contributed by atoms with Crippen molar-refractivity contribution < 1.29 is 0 Å². The number of nitriles is 1. The summed E-state index contributed by atoms with van der Waals surface area (Å²) in [5.41, 5.74) is 0. The molecule has 1 atom stereocenters. The molecule has 0 amide bonds. The molecule has 0 fully saturated rings. The summed E-state index contributed by atoms with van der Waals surface area (Å²) in [6.07, 6.45) is 2.79. The molecule has 3 heteroatoms. The van der Waals surface area contributed by atoms with E-state index in [4.69, 9.17) is 5.26 Å². The molecular weight excluding hydrogens is 186 g/mol. The Kier molecular flexibility index (Phi) is 8.35. The largest absolute Gasteiger partial charge is 0.312 e. The molecule has 0 heterocycles.